The summed E-state index contributed by atoms with van der Waals surface area (Å²) >= 11 is 5.01. The van der Waals surface area contributed by atoms with Crippen LogP contribution < -0.4 is 0 Å². The first-order valence-corrected chi connectivity index (χ1v) is 1.57. The lowest BCUT2D eigenvalue weighted by Gasteiger charge is -1.46. The molecule has 0 N–H and O–H groups in total. The maximum atomic E-state index is 5.01. The summed E-state index contributed by atoms with van der Waals surface area (Å²) in [6.45, 7) is 1.87. The van der Waals surface area contributed by atoms with E-state index < -0.39 is 0 Å². The Morgan fingerprint density at radius 3 is 1.80 bits per heavy atom. The van der Waals surface area contributed by atoms with Crippen molar-refractivity contribution < 1.29 is 0 Å². The molecule has 0 amide bonds. The van der Waals surface area contributed by atoms with Crippen LogP contribution >= 0.6 is 11.6 Å². The van der Waals surface area contributed by atoms with Gasteiger partial charge in [0.1, 0.15) is 0 Å². The lowest BCUT2D eigenvalue weighted by Crippen LogP contribution is -1.20. The molecule has 0 bridgehead atoms. The molecule has 2 heteroatoms. The summed E-state index contributed by atoms with van der Waals surface area (Å²) in [5.41, 5.74) is 1.47. The second-order valence-electron chi connectivity index (χ2n) is 0.459. The van der Waals surface area contributed by atoms with E-state index in [0.29, 0.717) is 0 Å². The standard InChI is InChI=1S/C3H5Cl.Al.3H/c1-2-3-4;;;;/h2-3H,1H3;;;;. The molecule has 0 fully saturated rings. The van der Waals surface area contributed by atoms with Crippen LogP contribution in [0.1, 0.15) is 6.92 Å². The number of hydrogen-bond donors (Lipinski definition) is 0. The lowest BCUT2D eigenvalue weighted by atomic mass is 10.8. The molecule has 30 valence electrons. The lowest BCUT2D eigenvalue weighted by molar-refractivity contribution is 1.78. The molecule has 0 aliphatic heterocycles. The molecule has 0 spiro atoms. The van der Waals surface area contributed by atoms with Crippen molar-refractivity contribution in [3.05, 3.63) is 11.6 Å². The highest BCUT2D eigenvalue weighted by Crippen LogP contribution is 1.70. The Labute approximate surface area is 48.0 Å². The van der Waals surface area contributed by atoms with Crippen molar-refractivity contribution >= 4 is 29.0 Å². The van der Waals surface area contributed by atoms with E-state index in [1.165, 1.54) is 5.54 Å². The Morgan fingerprint density at radius 2 is 1.80 bits per heavy atom. The number of hydrogen-bond acceptors (Lipinski definition) is 0. The molecule has 0 aromatic heterocycles. The van der Waals surface area contributed by atoms with Crippen molar-refractivity contribution in [1.82, 2.24) is 0 Å². The van der Waals surface area contributed by atoms with Crippen molar-refractivity contribution in [1.29, 1.82) is 0 Å². The number of rotatable bonds is 0. The molecule has 0 saturated carbocycles. The van der Waals surface area contributed by atoms with Gasteiger partial charge in [-0.05, 0) is 12.5 Å². The van der Waals surface area contributed by atoms with E-state index in [1.54, 1.807) is 6.08 Å². The van der Waals surface area contributed by atoms with Gasteiger partial charge in [0.2, 0.25) is 0 Å². The van der Waals surface area contributed by atoms with Crippen molar-refractivity contribution in [3.63, 3.8) is 0 Å². The van der Waals surface area contributed by atoms with Gasteiger partial charge in [-0.3, -0.25) is 0 Å². The van der Waals surface area contributed by atoms with E-state index >= 15 is 0 Å². The van der Waals surface area contributed by atoms with Crippen LogP contribution in [0.2, 0.25) is 0 Å². The van der Waals surface area contributed by atoms with Gasteiger partial charge < -0.3 is 0 Å². The van der Waals surface area contributed by atoms with Gasteiger partial charge in [0.15, 0.2) is 17.4 Å². The molecule has 0 aromatic carbocycles. The van der Waals surface area contributed by atoms with Gasteiger partial charge >= 0.3 is 0 Å². The predicted octanol–water partition coefficient (Wildman–Crippen LogP) is 0.575. The highest BCUT2D eigenvalue weighted by molar-refractivity contribution is 6.25. The Kier molecular flexibility index (Phi) is 16.1. The Morgan fingerprint density at radius 1 is 1.60 bits per heavy atom. The molecule has 0 rings (SSSR count). The molecule has 5 heavy (non-hydrogen) atoms. The van der Waals surface area contributed by atoms with E-state index in [2.05, 4.69) is 0 Å². The molecular formula is C3H8AlCl. The number of halogens is 1. The minimum atomic E-state index is 0. The molecule has 0 nitrogen and oxygen atoms in total. The monoisotopic (exact) mass is 106 g/mol. The van der Waals surface area contributed by atoms with E-state index in [1.807, 2.05) is 6.92 Å². The van der Waals surface area contributed by atoms with Crippen molar-refractivity contribution in [2.45, 2.75) is 6.92 Å². The van der Waals surface area contributed by atoms with Crippen LogP contribution in [0.25, 0.3) is 0 Å². The van der Waals surface area contributed by atoms with Crippen LogP contribution in [-0.2, 0) is 0 Å². The molecule has 0 aliphatic rings. The fourth-order valence-corrected chi connectivity index (χ4v) is 0. The zero-order chi connectivity index (χ0) is 3.41. The van der Waals surface area contributed by atoms with E-state index in [4.69, 9.17) is 11.6 Å². The van der Waals surface area contributed by atoms with Crippen LogP contribution in [0, 0.1) is 0 Å². The van der Waals surface area contributed by atoms with Crippen LogP contribution in [0.3, 0.4) is 0 Å². The first kappa shape index (κ1) is 9.12. The zero-order valence-corrected chi connectivity index (χ0v) is 3.29. The summed E-state index contributed by atoms with van der Waals surface area (Å²) in [5.74, 6) is 0. The minimum absolute atomic E-state index is 0. The quantitative estimate of drug-likeness (QED) is 0.396. The second-order valence-corrected chi connectivity index (χ2v) is 0.711. The van der Waals surface area contributed by atoms with Crippen molar-refractivity contribution in [2.24, 2.45) is 0 Å². The molecule has 0 aliphatic carbocycles. The molecule has 0 saturated heterocycles. The first-order valence-electron chi connectivity index (χ1n) is 1.13. The largest absolute Gasteiger partial charge is 0.187 e. The SMILES string of the molecule is CC=CCl.[AlH3]. The normalized spacial score (nSPS) is 7.60. The summed E-state index contributed by atoms with van der Waals surface area (Å²) in [5, 5.41) is 0. The average Bonchev–Trinajstić information content (AvgIpc) is 1.37. The van der Waals surface area contributed by atoms with Gasteiger partial charge in [-0.15, -0.1) is 0 Å². The van der Waals surface area contributed by atoms with Crippen LogP contribution in [-0.4, -0.2) is 17.4 Å². The van der Waals surface area contributed by atoms with Gasteiger partial charge in [0, 0.05) is 0 Å². The summed E-state index contributed by atoms with van der Waals surface area (Å²) in [6, 6.07) is 0. The topological polar surface area (TPSA) is 0 Å². The number of allylic oxidation sites excluding steroid dienone is 1. The Hall–Kier alpha value is 0.562. The summed E-state index contributed by atoms with van der Waals surface area (Å²) in [4.78, 5) is 0. The van der Waals surface area contributed by atoms with Gasteiger partial charge in [0.05, 0.1) is 0 Å². The van der Waals surface area contributed by atoms with Crippen LogP contribution in [0.15, 0.2) is 11.6 Å². The molecule has 0 unspecified atom stereocenters. The average molecular weight is 107 g/mol. The third-order valence-electron chi connectivity index (χ3n) is 0.126. The molecule has 0 heterocycles. The molecule has 0 atom stereocenters. The summed E-state index contributed by atoms with van der Waals surface area (Å²) < 4.78 is 0. The highest BCUT2D eigenvalue weighted by atomic mass is 35.5. The second kappa shape index (κ2) is 8.82. The molecule has 0 aromatic rings. The molecular weight excluding hydrogens is 98.5 g/mol. The maximum absolute atomic E-state index is 5.01. The summed E-state index contributed by atoms with van der Waals surface area (Å²) in [7, 11) is 0. The van der Waals surface area contributed by atoms with Crippen LogP contribution in [0.4, 0.5) is 0 Å². The third kappa shape index (κ3) is 12.3. The minimum Gasteiger partial charge on any atom is -0.0933 e. The van der Waals surface area contributed by atoms with Gasteiger partial charge in [-0.1, -0.05) is 17.7 Å². The van der Waals surface area contributed by atoms with E-state index in [9.17, 15) is 0 Å². The van der Waals surface area contributed by atoms with Crippen LogP contribution in [0.5, 0.6) is 0 Å². The Bertz CT molecular complexity index is 22.1. The zero-order valence-electron chi connectivity index (χ0n) is 2.53. The third-order valence-corrected chi connectivity index (χ3v) is 0.378. The fraction of sp³-hybridized carbons (Fsp3) is 0.333. The summed E-state index contributed by atoms with van der Waals surface area (Å²) in [6.07, 6.45) is 1.77. The van der Waals surface area contributed by atoms with Crippen molar-refractivity contribution in [3.8, 4) is 0 Å². The van der Waals surface area contributed by atoms with Crippen molar-refractivity contribution in [2.75, 3.05) is 0 Å². The van der Waals surface area contributed by atoms with E-state index in [0.717, 1.165) is 0 Å². The fourth-order valence-electron chi connectivity index (χ4n) is 0. The van der Waals surface area contributed by atoms with E-state index in [-0.39, 0.29) is 17.4 Å². The maximum Gasteiger partial charge on any atom is 0.187 e. The highest BCUT2D eigenvalue weighted by Gasteiger charge is 1.37. The predicted molar refractivity (Wildman–Crippen MR) is 30.6 cm³/mol. The van der Waals surface area contributed by atoms with Gasteiger partial charge in [-0.25, -0.2) is 0 Å². The van der Waals surface area contributed by atoms with Gasteiger partial charge in [0.25, 0.3) is 0 Å². The first-order chi connectivity index (χ1) is 1.91. The Balaban J connectivity index is 0. The smallest absolute Gasteiger partial charge is 0.0933 e. The van der Waals surface area contributed by atoms with Gasteiger partial charge in [-0.2, -0.15) is 0 Å². The molecule has 0 radical (unpaired) electrons.